The SMILES string of the molecule is O=C(NCCC#Cc1ccccc1C1(C(=O)O)CC1)OCc1ccccc1. The van der Waals surface area contributed by atoms with Gasteiger partial charge in [-0.25, -0.2) is 4.79 Å². The molecule has 0 spiro atoms. The number of nitrogens with one attached hydrogen (secondary N) is 1. The number of carbonyl (C=O) groups is 2. The summed E-state index contributed by atoms with van der Waals surface area (Å²) < 4.78 is 5.13. The summed E-state index contributed by atoms with van der Waals surface area (Å²) in [6, 6.07) is 16.8. The van der Waals surface area contributed by atoms with Gasteiger partial charge < -0.3 is 15.2 Å². The molecule has 1 saturated carbocycles. The van der Waals surface area contributed by atoms with Gasteiger partial charge in [0.2, 0.25) is 0 Å². The molecule has 0 unspecified atom stereocenters. The highest BCUT2D eigenvalue weighted by atomic mass is 16.5. The number of hydrogen-bond donors (Lipinski definition) is 2. The molecule has 2 aromatic carbocycles. The molecule has 5 heteroatoms. The third-order valence-electron chi connectivity index (χ3n) is 4.56. The number of carboxylic acids is 1. The molecule has 1 aliphatic rings. The van der Waals surface area contributed by atoms with Gasteiger partial charge in [0.05, 0.1) is 5.41 Å². The van der Waals surface area contributed by atoms with Gasteiger partial charge in [-0.3, -0.25) is 4.79 Å². The molecular formula is C22H21NO4. The standard InChI is InChI=1S/C22H21NO4/c24-20(25)22(13-14-22)19-12-5-4-10-18(19)11-6-7-15-23-21(26)27-16-17-8-2-1-3-9-17/h1-5,8-10,12H,7,13-16H2,(H,23,26)(H,24,25). The Morgan fingerprint density at radius 2 is 1.78 bits per heavy atom. The highest BCUT2D eigenvalue weighted by Crippen LogP contribution is 2.49. The first-order valence-electron chi connectivity index (χ1n) is 8.88. The van der Waals surface area contributed by atoms with E-state index in [9.17, 15) is 14.7 Å². The average Bonchev–Trinajstić information content (AvgIpc) is 3.49. The van der Waals surface area contributed by atoms with Crippen molar-refractivity contribution in [3.05, 3.63) is 71.3 Å². The Balaban J connectivity index is 1.48. The van der Waals surface area contributed by atoms with E-state index in [1.165, 1.54) is 0 Å². The van der Waals surface area contributed by atoms with E-state index in [0.717, 1.165) is 16.7 Å². The molecule has 1 aliphatic carbocycles. The summed E-state index contributed by atoms with van der Waals surface area (Å²) in [5.41, 5.74) is 1.67. The minimum absolute atomic E-state index is 0.225. The second kappa shape index (κ2) is 8.41. The van der Waals surface area contributed by atoms with Gasteiger partial charge >= 0.3 is 12.1 Å². The molecule has 1 fully saturated rings. The third kappa shape index (κ3) is 4.68. The molecule has 5 nitrogen and oxygen atoms in total. The minimum atomic E-state index is -0.792. The summed E-state index contributed by atoms with van der Waals surface area (Å²) in [7, 11) is 0. The number of aliphatic carboxylic acids is 1. The predicted octanol–water partition coefficient (Wildman–Crippen LogP) is 3.47. The summed E-state index contributed by atoms with van der Waals surface area (Å²) in [4.78, 5) is 23.2. The van der Waals surface area contributed by atoms with Crippen LogP contribution in [0.3, 0.4) is 0 Å². The van der Waals surface area contributed by atoms with Crippen LogP contribution in [0, 0.1) is 11.8 Å². The lowest BCUT2D eigenvalue weighted by atomic mass is 9.91. The van der Waals surface area contributed by atoms with E-state index in [2.05, 4.69) is 17.2 Å². The van der Waals surface area contributed by atoms with Crippen LogP contribution in [0.1, 0.15) is 36.0 Å². The normalized spacial score (nSPS) is 13.8. The minimum Gasteiger partial charge on any atom is -0.481 e. The van der Waals surface area contributed by atoms with Crippen molar-refractivity contribution in [3.8, 4) is 11.8 Å². The largest absolute Gasteiger partial charge is 0.481 e. The smallest absolute Gasteiger partial charge is 0.407 e. The lowest BCUT2D eigenvalue weighted by Crippen LogP contribution is -2.24. The van der Waals surface area contributed by atoms with Crippen LogP contribution in [0.25, 0.3) is 0 Å². The summed E-state index contributed by atoms with van der Waals surface area (Å²) in [5.74, 6) is 5.25. The monoisotopic (exact) mass is 363 g/mol. The Morgan fingerprint density at radius 3 is 2.48 bits per heavy atom. The van der Waals surface area contributed by atoms with Crippen molar-refractivity contribution < 1.29 is 19.4 Å². The number of rotatable bonds is 6. The zero-order valence-corrected chi connectivity index (χ0v) is 14.9. The van der Waals surface area contributed by atoms with E-state index in [1.807, 2.05) is 54.6 Å². The van der Waals surface area contributed by atoms with Crippen molar-refractivity contribution in [1.29, 1.82) is 0 Å². The van der Waals surface area contributed by atoms with Gasteiger partial charge in [0, 0.05) is 18.5 Å². The van der Waals surface area contributed by atoms with Crippen LogP contribution in [-0.2, 0) is 21.6 Å². The van der Waals surface area contributed by atoms with E-state index in [0.29, 0.717) is 25.8 Å². The highest BCUT2D eigenvalue weighted by molar-refractivity contribution is 5.86. The van der Waals surface area contributed by atoms with Crippen LogP contribution in [0.15, 0.2) is 54.6 Å². The van der Waals surface area contributed by atoms with Crippen LogP contribution in [0.4, 0.5) is 4.79 Å². The third-order valence-corrected chi connectivity index (χ3v) is 4.56. The number of carbonyl (C=O) groups excluding carboxylic acids is 1. The fourth-order valence-electron chi connectivity index (χ4n) is 2.89. The zero-order chi connectivity index (χ0) is 19.1. The molecule has 0 aliphatic heterocycles. The van der Waals surface area contributed by atoms with Crippen LogP contribution in [-0.4, -0.2) is 23.7 Å². The van der Waals surface area contributed by atoms with Gasteiger partial charge in [-0.05, 0) is 30.0 Å². The zero-order valence-electron chi connectivity index (χ0n) is 14.9. The number of carboxylic acid groups (broad SMARTS) is 1. The second-order valence-corrected chi connectivity index (χ2v) is 6.47. The maximum atomic E-state index is 11.7. The summed E-state index contributed by atoms with van der Waals surface area (Å²) in [6.45, 7) is 0.593. The predicted molar refractivity (Wildman–Crippen MR) is 101 cm³/mol. The van der Waals surface area contributed by atoms with E-state index in [1.54, 1.807) is 0 Å². The topological polar surface area (TPSA) is 75.6 Å². The fourth-order valence-corrected chi connectivity index (χ4v) is 2.89. The maximum absolute atomic E-state index is 11.7. The Labute approximate surface area is 158 Å². The van der Waals surface area contributed by atoms with Gasteiger partial charge in [0.15, 0.2) is 0 Å². The average molecular weight is 363 g/mol. The summed E-state index contributed by atoms with van der Waals surface area (Å²) in [6.07, 6.45) is 1.27. The molecule has 138 valence electrons. The molecule has 1 amide bonds. The maximum Gasteiger partial charge on any atom is 0.407 e. The van der Waals surface area contributed by atoms with Crippen molar-refractivity contribution in [3.63, 3.8) is 0 Å². The van der Waals surface area contributed by atoms with E-state index in [-0.39, 0.29) is 6.61 Å². The molecule has 0 bridgehead atoms. The number of ether oxygens (including phenoxy) is 1. The van der Waals surface area contributed by atoms with Crippen molar-refractivity contribution in [2.75, 3.05) is 6.54 Å². The summed E-state index contributed by atoms with van der Waals surface area (Å²) >= 11 is 0. The van der Waals surface area contributed by atoms with Gasteiger partial charge in [0.25, 0.3) is 0 Å². The molecule has 2 N–H and O–H groups in total. The first kappa shape index (κ1) is 18.5. The van der Waals surface area contributed by atoms with Crippen molar-refractivity contribution in [2.45, 2.75) is 31.3 Å². The quantitative estimate of drug-likeness (QED) is 0.609. The second-order valence-electron chi connectivity index (χ2n) is 6.47. The van der Waals surface area contributed by atoms with Gasteiger partial charge in [-0.2, -0.15) is 0 Å². The molecule has 0 aromatic heterocycles. The van der Waals surface area contributed by atoms with E-state index < -0.39 is 17.5 Å². The first-order valence-corrected chi connectivity index (χ1v) is 8.88. The molecule has 0 heterocycles. The molecule has 2 aromatic rings. The van der Waals surface area contributed by atoms with Crippen molar-refractivity contribution >= 4 is 12.1 Å². The van der Waals surface area contributed by atoms with E-state index >= 15 is 0 Å². The number of amides is 1. The Bertz CT molecular complexity index is 876. The van der Waals surface area contributed by atoms with Crippen LogP contribution in [0.5, 0.6) is 0 Å². The van der Waals surface area contributed by atoms with Gasteiger partial charge in [-0.15, -0.1) is 0 Å². The van der Waals surface area contributed by atoms with Gasteiger partial charge in [0.1, 0.15) is 6.61 Å². The first-order chi connectivity index (χ1) is 13.1. The lowest BCUT2D eigenvalue weighted by Gasteiger charge is -2.12. The van der Waals surface area contributed by atoms with Crippen LogP contribution >= 0.6 is 0 Å². The number of hydrogen-bond acceptors (Lipinski definition) is 3. The summed E-state index contributed by atoms with van der Waals surface area (Å²) in [5, 5.41) is 12.1. The van der Waals surface area contributed by atoms with Gasteiger partial charge in [-0.1, -0.05) is 60.4 Å². The molecule has 3 rings (SSSR count). The molecule has 0 saturated heterocycles. The Kier molecular flexibility index (Phi) is 5.77. The van der Waals surface area contributed by atoms with E-state index in [4.69, 9.17) is 4.74 Å². The highest BCUT2D eigenvalue weighted by Gasteiger charge is 2.52. The molecule has 27 heavy (non-hydrogen) atoms. The fraction of sp³-hybridized carbons (Fsp3) is 0.273. The number of benzene rings is 2. The van der Waals surface area contributed by atoms with Crippen LogP contribution < -0.4 is 5.32 Å². The molecular weight excluding hydrogens is 342 g/mol. The Morgan fingerprint density at radius 1 is 1.07 bits per heavy atom. The van der Waals surface area contributed by atoms with Crippen LogP contribution in [0.2, 0.25) is 0 Å². The van der Waals surface area contributed by atoms with Crippen molar-refractivity contribution in [2.24, 2.45) is 0 Å². The van der Waals surface area contributed by atoms with Crippen molar-refractivity contribution in [1.82, 2.24) is 5.32 Å². The molecule has 0 atom stereocenters. The molecule has 0 radical (unpaired) electrons. The lowest BCUT2D eigenvalue weighted by molar-refractivity contribution is -0.140. The number of alkyl carbamates (subject to hydrolysis) is 1. The Hall–Kier alpha value is -3.26.